The molecule has 20 heavy (non-hydrogen) atoms. The highest BCUT2D eigenvalue weighted by atomic mass is 79.9. The van der Waals surface area contributed by atoms with E-state index in [0.717, 1.165) is 24.3 Å². The van der Waals surface area contributed by atoms with Crippen LogP contribution in [0.2, 0.25) is 0 Å². The maximum Gasteiger partial charge on any atom is 0.333 e. The standard InChI is InChI=1S/C13H10BrN5O/c14-10-6-16-11-12(17-10)19(13(20)18-11)8-1-2-9-7(5-8)3-4-15-9/h1-2,5-6,15H,3-4H2,(H,16,18,20). The average Bonchev–Trinajstić information content (AvgIpc) is 3.00. The summed E-state index contributed by atoms with van der Waals surface area (Å²) in [7, 11) is 0. The zero-order chi connectivity index (χ0) is 13.7. The number of benzene rings is 1. The van der Waals surface area contributed by atoms with Crippen molar-refractivity contribution in [2.24, 2.45) is 0 Å². The smallest absolute Gasteiger partial charge is 0.333 e. The van der Waals surface area contributed by atoms with Crippen LogP contribution >= 0.6 is 15.9 Å². The maximum absolute atomic E-state index is 12.1. The van der Waals surface area contributed by atoms with Crippen LogP contribution in [0.3, 0.4) is 0 Å². The van der Waals surface area contributed by atoms with Crippen molar-refractivity contribution < 1.29 is 0 Å². The Balaban J connectivity index is 2.00. The highest BCUT2D eigenvalue weighted by Gasteiger charge is 2.15. The molecule has 1 aliphatic heterocycles. The largest absolute Gasteiger partial charge is 0.384 e. The van der Waals surface area contributed by atoms with Gasteiger partial charge in [0.2, 0.25) is 0 Å². The van der Waals surface area contributed by atoms with E-state index < -0.39 is 0 Å². The molecule has 0 amide bonds. The molecule has 3 aromatic rings. The quantitative estimate of drug-likeness (QED) is 0.713. The van der Waals surface area contributed by atoms with E-state index in [4.69, 9.17) is 0 Å². The van der Waals surface area contributed by atoms with Gasteiger partial charge in [-0.25, -0.2) is 19.3 Å². The Morgan fingerprint density at radius 3 is 3.15 bits per heavy atom. The number of fused-ring (bicyclic) bond motifs is 2. The van der Waals surface area contributed by atoms with E-state index in [0.29, 0.717) is 15.9 Å². The highest BCUT2D eigenvalue weighted by Crippen LogP contribution is 2.25. The molecule has 0 fully saturated rings. The SMILES string of the molecule is O=c1[nH]c2ncc(Br)nc2n1-c1ccc2c(c1)CCN2. The predicted molar refractivity (Wildman–Crippen MR) is 79.4 cm³/mol. The molecular formula is C13H10BrN5O. The molecule has 0 atom stereocenters. The second kappa shape index (κ2) is 4.17. The molecule has 1 aliphatic rings. The van der Waals surface area contributed by atoms with Crippen molar-refractivity contribution >= 4 is 32.9 Å². The summed E-state index contributed by atoms with van der Waals surface area (Å²) in [6.07, 6.45) is 2.53. The van der Waals surface area contributed by atoms with Gasteiger partial charge in [0.1, 0.15) is 4.60 Å². The van der Waals surface area contributed by atoms with Crippen molar-refractivity contribution in [3.8, 4) is 5.69 Å². The molecule has 0 bridgehead atoms. The van der Waals surface area contributed by atoms with Crippen LogP contribution in [-0.2, 0) is 6.42 Å². The Bertz CT molecular complexity index is 882. The zero-order valence-corrected chi connectivity index (χ0v) is 11.9. The number of imidazole rings is 1. The summed E-state index contributed by atoms with van der Waals surface area (Å²) < 4.78 is 2.15. The first-order chi connectivity index (χ1) is 9.72. The number of halogens is 1. The average molecular weight is 332 g/mol. The molecule has 0 unspecified atom stereocenters. The van der Waals surface area contributed by atoms with Crippen LogP contribution in [-0.4, -0.2) is 26.1 Å². The summed E-state index contributed by atoms with van der Waals surface area (Å²) in [6, 6.07) is 5.93. The van der Waals surface area contributed by atoms with Gasteiger partial charge in [0.05, 0.1) is 11.9 Å². The summed E-state index contributed by atoms with van der Waals surface area (Å²) >= 11 is 3.29. The van der Waals surface area contributed by atoms with Crippen LogP contribution in [0.1, 0.15) is 5.56 Å². The van der Waals surface area contributed by atoms with E-state index in [1.165, 1.54) is 5.56 Å². The lowest BCUT2D eigenvalue weighted by atomic mass is 10.1. The van der Waals surface area contributed by atoms with Crippen molar-refractivity contribution in [2.75, 3.05) is 11.9 Å². The van der Waals surface area contributed by atoms with E-state index >= 15 is 0 Å². The molecule has 4 rings (SSSR count). The van der Waals surface area contributed by atoms with Crippen LogP contribution in [0.25, 0.3) is 17.0 Å². The number of hydrogen-bond donors (Lipinski definition) is 2. The minimum Gasteiger partial charge on any atom is -0.384 e. The fraction of sp³-hybridized carbons (Fsp3) is 0.154. The van der Waals surface area contributed by atoms with Gasteiger partial charge in [-0.05, 0) is 46.1 Å². The molecule has 1 aromatic carbocycles. The number of nitrogens with one attached hydrogen (secondary N) is 2. The van der Waals surface area contributed by atoms with Gasteiger partial charge in [-0.1, -0.05) is 0 Å². The number of anilines is 1. The van der Waals surface area contributed by atoms with E-state index in [2.05, 4.69) is 36.2 Å². The van der Waals surface area contributed by atoms with Crippen LogP contribution in [0.5, 0.6) is 0 Å². The molecule has 0 aliphatic carbocycles. The third-order valence-electron chi connectivity index (χ3n) is 3.42. The van der Waals surface area contributed by atoms with Crippen LogP contribution in [0, 0.1) is 0 Å². The van der Waals surface area contributed by atoms with Crippen molar-refractivity contribution in [3.63, 3.8) is 0 Å². The summed E-state index contributed by atoms with van der Waals surface area (Å²) in [5.41, 5.74) is 3.92. The minimum atomic E-state index is -0.232. The number of rotatable bonds is 1. The van der Waals surface area contributed by atoms with Gasteiger partial charge in [0, 0.05) is 12.2 Å². The van der Waals surface area contributed by atoms with E-state index in [-0.39, 0.29) is 5.69 Å². The van der Waals surface area contributed by atoms with E-state index in [1.54, 1.807) is 10.8 Å². The van der Waals surface area contributed by atoms with Gasteiger partial charge in [0.15, 0.2) is 11.3 Å². The second-order valence-electron chi connectivity index (χ2n) is 4.65. The number of nitrogens with zero attached hydrogens (tertiary/aromatic N) is 3. The number of aromatic nitrogens is 4. The zero-order valence-electron chi connectivity index (χ0n) is 10.4. The van der Waals surface area contributed by atoms with E-state index in [1.807, 2.05) is 18.2 Å². The van der Waals surface area contributed by atoms with Gasteiger partial charge in [-0.3, -0.25) is 4.98 Å². The van der Waals surface area contributed by atoms with Crippen molar-refractivity contribution in [3.05, 3.63) is 45.0 Å². The second-order valence-corrected chi connectivity index (χ2v) is 5.46. The maximum atomic E-state index is 12.1. The van der Waals surface area contributed by atoms with Crippen LogP contribution in [0.4, 0.5) is 5.69 Å². The van der Waals surface area contributed by atoms with Gasteiger partial charge in [0.25, 0.3) is 0 Å². The fourth-order valence-corrected chi connectivity index (χ4v) is 2.80. The van der Waals surface area contributed by atoms with Gasteiger partial charge in [-0.15, -0.1) is 0 Å². The lowest BCUT2D eigenvalue weighted by Gasteiger charge is -2.05. The molecule has 0 spiro atoms. The first kappa shape index (κ1) is 11.7. The Hall–Kier alpha value is -2.15. The van der Waals surface area contributed by atoms with Crippen molar-refractivity contribution in [1.29, 1.82) is 0 Å². The lowest BCUT2D eigenvalue weighted by Crippen LogP contribution is -2.15. The predicted octanol–water partition coefficient (Wildman–Crippen LogP) is 1.84. The normalized spacial score (nSPS) is 13.4. The number of aromatic amines is 1. The Labute approximate surface area is 122 Å². The Morgan fingerprint density at radius 1 is 1.35 bits per heavy atom. The minimum absolute atomic E-state index is 0.232. The van der Waals surface area contributed by atoms with Crippen LogP contribution in [0.15, 0.2) is 33.8 Å². The molecule has 0 radical (unpaired) electrons. The molecule has 0 saturated carbocycles. The lowest BCUT2D eigenvalue weighted by molar-refractivity contribution is 0.993. The highest BCUT2D eigenvalue weighted by molar-refractivity contribution is 9.10. The summed E-state index contributed by atoms with van der Waals surface area (Å²) in [5.74, 6) is 0. The topological polar surface area (TPSA) is 75.6 Å². The van der Waals surface area contributed by atoms with Crippen molar-refractivity contribution in [2.45, 2.75) is 6.42 Å². The molecule has 100 valence electrons. The third-order valence-corrected chi connectivity index (χ3v) is 3.80. The molecule has 3 heterocycles. The summed E-state index contributed by atoms with van der Waals surface area (Å²) in [6.45, 7) is 0.937. The van der Waals surface area contributed by atoms with Gasteiger partial charge >= 0.3 is 5.69 Å². The summed E-state index contributed by atoms with van der Waals surface area (Å²) in [4.78, 5) is 23.4. The number of hydrogen-bond acceptors (Lipinski definition) is 4. The van der Waals surface area contributed by atoms with Crippen molar-refractivity contribution in [1.82, 2.24) is 19.5 Å². The molecule has 2 N–H and O–H groups in total. The molecule has 7 heteroatoms. The number of H-pyrrole nitrogens is 1. The summed E-state index contributed by atoms with van der Waals surface area (Å²) in [5, 5.41) is 3.30. The Kier molecular flexibility index (Phi) is 2.43. The Morgan fingerprint density at radius 2 is 2.25 bits per heavy atom. The first-order valence-electron chi connectivity index (χ1n) is 6.23. The molecular weight excluding hydrogens is 322 g/mol. The molecule has 0 saturated heterocycles. The monoisotopic (exact) mass is 331 g/mol. The van der Waals surface area contributed by atoms with Crippen LogP contribution < -0.4 is 11.0 Å². The van der Waals surface area contributed by atoms with Gasteiger partial charge in [-0.2, -0.15) is 0 Å². The van der Waals surface area contributed by atoms with E-state index in [9.17, 15) is 4.79 Å². The third kappa shape index (κ3) is 1.66. The molecule has 6 nitrogen and oxygen atoms in total. The fourth-order valence-electron chi connectivity index (χ4n) is 2.53. The van der Waals surface area contributed by atoms with Gasteiger partial charge < -0.3 is 5.32 Å². The first-order valence-corrected chi connectivity index (χ1v) is 7.02. The molecule has 2 aromatic heterocycles.